The molecule has 1 heterocycles. The average molecular weight is 431 g/mol. The molecule has 0 unspecified atom stereocenters. The molecule has 3 aromatic carbocycles. The van der Waals surface area contributed by atoms with Gasteiger partial charge in [-0.25, -0.2) is 0 Å². The van der Waals surface area contributed by atoms with Crippen molar-refractivity contribution in [3.8, 4) is 5.75 Å². The zero-order valence-electron chi connectivity index (χ0n) is 16.8. The van der Waals surface area contributed by atoms with Gasteiger partial charge >= 0.3 is 0 Å². The number of amides is 2. The summed E-state index contributed by atoms with van der Waals surface area (Å²) in [5, 5.41) is 5.72. The number of hydrazone groups is 1. The van der Waals surface area contributed by atoms with Crippen molar-refractivity contribution in [2.45, 2.75) is 13.5 Å². The van der Waals surface area contributed by atoms with Crippen molar-refractivity contribution < 1.29 is 14.3 Å². The van der Waals surface area contributed by atoms with E-state index in [1.165, 1.54) is 0 Å². The van der Waals surface area contributed by atoms with Crippen LogP contribution in [0.4, 0.5) is 0 Å². The molecule has 0 saturated heterocycles. The topological polar surface area (TPSA) is 59.0 Å². The van der Waals surface area contributed by atoms with Crippen molar-refractivity contribution in [2.75, 3.05) is 0 Å². The van der Waals surface area contributed by atoms with Gasteiger partial charge in [0.25, 0.3) is 11.8 Å². The van der Waals surface area contributed by atoms with Crippen molar-refractivity contribution in [1.29, 1.82) is 0 Å². The molecule has 0 atom stereocenters. The summed E-state index contributed by atoms with van der Waals surface area (Å²) >= 11 is 6.21. The highest BCUT2D eigenvalue weighted by Gasteiger charge is 2.33. The van der Waals surface area contributed by atoms with Gasteiger partial charge in [0, 0.05) is 21.7 Å². The molecule has 4 rings (SSSR count). The maximum Gasteiger partial charge on any atom is 0.283 e. The van der Waals surface area contributed by atoms with Gasteiger partial charge < -0.3 is 4.74 Å². The zero-order chi connectivity index (χ0) is 21.8. The lowest BCUT2D eigenvalue weighted by atomic mass is 10.1. The molecule has 1 aliphatic heterocycles. The number of ether oxygens (including phenoxy) is 1. The molecule has 2 amide bonds. The Morgan fingerprint density at radius 1 is 1.00 bits per heavy atom. The molecule has 5 nitrogen and oxygen atoms in total. The summed E-state index contributed by atoms with van der Waals surface area (Å²) in [4.78, 5) is 25.6. The minimum atomic E-state index is -0.466. The number of halogens is 1. The van der Waals surface area contributed by atoms with Crippen molar-refractivity contribution in [2.24, 2.45) is 5.10 Å². The fourth-order valence-electron chi connectivity index (χ4n) is 3.18. The Bertz CT molecular complexity index is 1200. The van der Waals surface area contributed by atoms with Crippen LogP contribution in [0.3, 0.4) is 0 Å². The Balaban J connectivity index is 1.58. The van der Waals surface area contributed by atoms with Gasteiger partial charge in [-0.3, -0.25) is 9.59 Å². The lowest BCUT2D eigenvalue weighted by molar-refractivity contribution is -0.123. The van der Waals surface area contributed by atoms with Gasteiger partial charge in [0.05, 0.1) is 11.3 Å². The van der Waals surface area contributed by atoms with E-state index in [0.717, 1.165) is 10.6 Å². The predicted molar refractivity (Wildman–Crippen MR) is 121 cm³/mol. The fraction of sp³-hybridized carbons (Fsp3) is 0.0800. The van der Waals surface area contributed by atoms with E-state index in [-0.39, 0.29) is 0 Å². The second kappa shape index (κ2) is 8.98. The number of carbonyl (C=O) groups excluding carboxylic acids is 2. The van der Waals surface area contributed by atoms with E-state index in [0.29, 0.717) is 39.8 Å². The minimum Gasteiger partial charge on any atom is -0.488 e. The van der Waals surface area contributed by atoms with Crippen LogP contribution in [0.25, 0.3) is 6.08 Å². The number of imide groups is 1. The molecule has 0 aromatic heterocycles. The van der Waals surface area contributed by atoms with Gasteiger partial charge in [-0.1, -0.05) is 66.2 Å². The summed E-state index contributed by atoms with van der Waals surface area (Å²) in [5.41, 5.74) is 2.78. The van der Waals surface area contributed by atoms with Crippen LogP contribution in [0, 0.1) is 0 Å². The van der Waals surface area contributed by atoms with Gasteiger partial charge in [0.2, 0.25) is 0 Å². The maximum atomic E-state index is 12.9. The van der Waals surface area contributed by atoms with E-state index in [9.17, 15) is 9.59 Å². The summed E-state index contributed by atoms with van der Waals surface area (Å²) in [5.74, 6) is -0.327. The van der Waals surface area contributed by atoms with Crippen molar-refractivity contribution in [3.05, 3.63) is 106 Å². The van der Waals surface area contributed by atoms with E-state index in [1.807, 2.05) is 54.6 Å². The van der Waals surface area contributed by atoms with E-state index in [4.69, 9.17) is 16.3 Å². The van der Waals surface area contributed by atoms with Crippen molar-refractivity contribution >= 4 is 35.2 Å². The largest absolute Gasteiger partial charge is 0.488 e. The molecule has 0 radical (unpaired) electrons. The van der Waals surface area contributed by atoms with Crippen molar-refractivity contribution in [3.63, 3.8) is 0 Å². The molecule has 0 aliphatic carbocycles. The first-order valence-corrected chi connectivity index (χ1v) is 10.1. The first-order chi connectivity index (χ1) is 15.0. The van der Waals surface area contributed by atoms with Crippen molar-refractivity contribution in [1.82, 2.24) is 5.01 Å². The summed E-state index contributed by atoms with van der Waals surface area (Å²) in [6.45, 7) is 1.99. The third kappa shape index (κ3) is 4.42. The second-order valence-corrected chi connectivity index (χ2v) is 7.36. The summed E-state index contributed by atoms with van der Waals surface area (Å²) in [6, 6.07) is 23.4. The Labute approximate surface area is 185 Å². The van der Waals surface area contributed by atoms with E-state index in [1.54, 1.807) is 37.3 Å². The molecular weight excluding hydrogens is 412 g/mol. The summed E-state index contributed by atoms with van der Waals surface area (Å²) in [7, 11) is 0. The zero-order valence-corrected chi connectivity index (χ0v) is 17.5. The number of hydrogen-bond acceptors (Lipinski definition) is 4. The van der Waals surface area contributed by atoms with E-state index >= 15 is 0 Å². The third-order valence-corrected chi connectivity index (χ3v) is 5.20. The van der Waals surface area contributed by atoms with Crippen LogP contribution < -0.4 is 4.74 Å². The Hall–Kier alpha value is -3.70. The normalized spacial score (nSPS) is 14.6. The number of rotatable bonds is 5. The number of para-hydroxylation sites is 1. The average Bonchev–Trinajstić information content (AvgIpc) is 3.08. The molecule has 3 aromatic rings. The van der Waals surface area contributed by atoms with E-state index < -0.39 is 11.8 Å². The van der Waals surface area contributed by atoms with E-state index in [2.05, 4.69) is 5.10 Å². The lowest BCUT2D eigenvalue weighted by Gasteiger charge is -2.11. The van der Waals surface area contributed by atoms with Crippen LogP contribution in [0.1, 0.15) is 28.4 Å². The third-order valence-electron chi connectivity index (χ3n) is 4.84. The number of carbonyl (C=O) groups is 2. The van der Waals surface area contributed by atoms with Crippen LogP contribution in [0.15, 0.2) is 89.5 Å². The number of hydrogen-bond donors (Lipinski definition) is 0. The predicted octanol–water partition coefficient (Wildman–Crippen LogP) is 5.36. The molecule has 0 spiro atoms. The Morgan fingerprint density at radius 3 is 2.45 bits per heavy atom. The minimum absolute atomic E-state index is 0.291. The summed E-state index contributed by atoms with van der Waals surface area (Å²) < 4.78 is 5.97. The van der Waals surface area contributed by atoms with Crippen LogP contribution in [-0.2, 0) is 11.4 Å². The first kappa shape index (κ1) is 20.6. The molecule has 6 heteroatoms. The molecule has 0 bridgehead atoms. The van der Waals surface area contributed by atoms with Gasteiger partial charge in [0.15, 0.2) is 0 Å². The fourth-order valence-corrected chi connectivity index (χ4v) is 3.37. The van der Waals surface area contributed by atoms with Crippen LogP contribution in [0.2, 0.25) is 5.02 Å². The number of nitrogens with zero attached hydrogens (tertiary/aromatic N) is 2. The number of benzene rings is 3. The Morgan fingerprint density at radius 2 is 1.68 bits per heavy atom. The molecule has 1 aliphatic rings. The highest BCUT2D eigenvalue weighted by molar-refractivity contribution is 6.31. The lowest BCUT2D eigenvalue weighted by Crippen LogP contribution is -2.29. The molecule has 154 valence electrons. The molecule has 31 heavy (non-hydrogen) atoms. The SMILES string of the molecule is CC1=NN(C(=O)c2ccccc2)C(=O)/C1=C/c1ccccc1OCc1ccccc1Cl. The van der Waals surface area contributed by atoms with Gasteiger partial charge in [-0.2, -0.15) is 10.1 Å². The molecular formula is C25H19ClN2O3. The van der Waals surface area contributed by atoms with Gasteiger partial charge in [-0.05, 0) is 37.3 Å². The first-order valence-electron chi connectivity index (χ1n) is 9.71. The molecule has 0 fully saturated rings. The van der Waals surface area contributed by atoms with Gasteiger partial charge in [0.1, 0.15) is 12.4 Å². The standard InChI is InChI=1S/C25H19ClN2O3/c1-17-21(25(30)28(27-17)24(29)18-9-3-2-4-10-18)15-19-11-6-8-14-23(19)31-16-20-12-5-7-13-22(20)26/h2-15H,16H2,1H3/b21-15+. The maximum absolute atomic E-state index is 12.9. The second-order valence-electron chi connectivity index (χ2n) is 6.95. The van der Waals surface area contributed by atoms with Crippen LogP contribution in [-0.4, -0.2) is 22.5 Å². The smallest absolute Gasteiger partial charge is 0.283 e. The van der Waals surface area contributed by atoms with Crippen LogP contribution in [0.5, 0.6) is 5.75 Å². The molecule has 0 saturated carbocycles. The highest BCUT2D eigenvalue weighted by Crippen LogP contribution is 2.27. The van der Waals surface area contributed by atoms with Crippen LogP contribution >= 0.6 is 11.6 Å². The quantitative estimate of drug-likeness (QED) is 0.404. The summed E-state index contributed by atoms with van der Waals surface area (Å²) in [6.07, 6.45) is 1.70. The Kier molecular flexibility index (Phi) is 5.96. The van der Waals surface area contributed by atoms with Gasteiger partial charge in [-0.15, -0.1) is 0 Å². The highest BCUT2D eigenvalue weighted by atomic mass is 35.5. The monoisotopic (exact) mass is 430 g/mol. The molecule has 0 N–H and O–H groups in total.